The van der Waals surface area contributed by atoms with Crippen LogP contribution in [0.5, 0.6) is 0 Å². The van der Waals surface area contributed by atoms with Crippen molar-refractivity contribution >= 4 is 17.7 Å². The van der Waals surface area contributed by atoms with Crippen LogP contribution in [-0.4, -0.2) is 31.8 Å². The third kappa shape index (κ3) is 3.24. The van der Waals surface area contributed by atoms with Crippen molar-refractivity contribution in [3.63, 3.8) is 0 Å². The average molecular weight is 290 g/mol. The van der Waals surface area contributed by atoms with Gasteiger partial charge in [-0.15, -0.1) is 0 Å². The van der Waals surface area contributed by atoms with Crippen LogP contribution in [0, 0.1) is 5.92 Å². The van der Waals surface area contributed by atoms with Gasteiger partial charge in [0, 0.05) is 5.56 Å². The molecule has 1 aromatic rings. The Morgan fingerprint density at radius 1 is 1.14 bits per heavy atom. The largest absolute Gasteiger partial charge is 0.491 e. The first-order valence-corrected chi connectivity index (χ1v) is 6.95. The van der Waals surface area contributed by atoms with Crippen molar-refractivity contribution in [3.05, 3.63) is 41.5 Å². The maximum Gasteiger partial charge on any atom is 0.338 e. The molecule has 21 heavy (non-hydrogen) atoms. The first-order chi connectivity index (χ1) is 10.2. The molecule has 0 bridgehead atoms. The van der Waals surface area contributed by atoms with Crippen molar-refractivity contribution in [1.82, 2.24) is 0 Å². The Bertz CT molecular complexity index is 547. The zero-order valence-electron chi connectivity index (χ0n) is 12.1. The van der Waals surface area contributed by atoms with Gasteiger partial charge >= 0.3 is 11.9 Å². The minimum atomic E-state index is -0.737. The Morgan fingerprint density at radius 3 is 2.43 bits per heavy atom. The van der Waals surface area contributed by atoms with Gasteiger partial charge in [0.2, 0.25) is 0 Å². The number of esters is 2. The Labute approximate surface area is 123 Å². The highest BCUT2D eigenvalue weighted by molar-refractivity contribution is 6.03. The number of hydrogen-bond acceptors (Lipinski definition) is 5. The molecule has 0 saturated carbocycles. The van der Waals surface area contributed by atoms with E-state index in [1.807, 2.05) is 30.3 Å². The highest BCUT2D eigenvalue weighted by Gasteiger charge is 2.39. The van der Waals surface area contributed by atoms with E-state index in [2.05, 4.69) is 0 Å². The van der Waals surface area contributed by atoms with E-state index >= 15 is 0 Å². The van der Waals surface area contributed by atoms with E-state index in [0.29, 0.717) is 5.76 Å². The molecule has 0 fully saturated rings. The standard InChI is InChI=1S/C16H18O5/c1-3-19-15(17)12-10-21-14(11-8-6-5-7-9-11)13(12)16(18)20-4-2/h5-9,12H,3-4,10H2,1-2H3. The van der Waals surface area contributed by atoms with E-state index in [-0.39, 0.29) is 25.4 Å². The fraction of sp³-hybridized carbons (Fsp3) is 0.375. The minimum Gasteiger partial charge on any atom is -0.491 e. The summed E-state index contributed by atoms with van der Waals surface area (Å²) in [4.78, 5) is 24.2. The van der Waals surface area contributed by atoms with Gasteiger partial charge in [0.05, 0.1) is 18.8 Å². The molecule has 5 heteroatoms. The van der Waals surface area contributed by atoms with E-state index in [0.717, 1.165) is 5.56 Å². The summed E-state index contributed by atoms with van der Waals surface area (Å²) in [6.45, 7) is 4.03. The lowest BCUT2D eigenvalue weighted by atomic mass is 9.98. The van der Waals surface area contributed by atoms with Gasteiger partial charge < -0.3 is 14.2 Å². The highest BCUT2D eigenvalue weighted by Crippen LogP contribution is 2.34. The van der Waals surface area contributed by atoms with Gasteiger partial charge in [-0.2, -0.15) is 0 Å². The summed E-state index contributed by atoms with van der Waals surface area (Å²) >= 11 is 0. The normalized spacial score (nSPS) is 17.3. The lowest BCUT2D eigenvalue weighted by Crippen LogP contribution is -2.25. The van der Waals surface area contributed by atoms with Crippen molar-refractivity contribution < 1.29 is 23.8 Å². The zero-order valence-corrected chi connectivity index (χ0v) is 12.1. The van der Waals surface area contributed by atoms with Crippen molar-refractivity contribution in [2.45, 2.75) is 13.8 Å². The van der Waals surface area contributed by atoms with Gasteiger partial charge in [0.15, 0.2) is 0 Å². The minimum absolute atomic E-state index is 0.0945. The van der Waals surface area contributed by atoms with Crippen LogP contribution in [0.3, 0.4) is 0 Å². The van der Waals surface area contributed by atoms with E-state index in [9.17, 15) is 9.59 Å². The predicted molar refractivity (Wildman–Crippen MR) is 76.1 cm³/mol. The molecule has 5 nitrogen and oxygen atoms in total. The molecule has 2 rings (SSSR count). The molecule has 0 aromatic heterocycles. The second kappa shape index (κ2) is 6.92. The van der Waals surface area contributed by atoms with Crippen LogP contribution in [0.4, 0.5) is 0 Å². The summed E-state index contributed by atoms with van der Waals surface area (Å²) in [5.41, 5.74) is 0.980. The van der Waals surface area contributed by atoms with Crippen molar-refractivity contribution in [2.24, 2.45) is 5.92 Å². The Morgan fingerprint density at radius 2 is 1.81 bits per heavy atom. The summed E-state index contributed by atoms with van der Waals surface area (Å²) in [6, 6.07) is 9.19. The van der Waals surface area contributed by atoms with E-state index in [1.165, 1.54) is 0 Å². The number of ether oxygens (including phenoxy) is 3. The predicted octanol–water partition coefficient (Wildman–Crippen LogP) is 2.17. The average Bonchev–Trinajstić information content (AvgIpc) is 2.93. The molecule has 1 aliphatic heterocycles. The van der Waals surface area contributed by atoms with Gasteiger partial charge in [-0.05, 0) is 13.8 Å². The summed E-state index contributed by atoms with van der Waals surface area (Å²) in [6.07, 6.45) is 0. The molecule has 1 atom stereocenters. The first-order valence-electron chi connectivity index (χ1n) is 6.95. The molecule has 0 amide bonds. The van der Waals surface area contributed by atoms with Crippen LogP contribution in [0.25, 0.3) is 5.76 Å². The third-order valence-electron chi connectivity index (χ3n) is 3.09. The maximum absolute atomic E-state index is 12.2. The van der Waals surface area contributed by atoms with Crippen LogP contribution >= 0.6 is 0 Å². The molecular weight excluding hydrogens is 272 g/mol. The summed E-state index contributed by atoms with van der Waals surface area (Å²) in [5, 5.41) is 0. The Balaban J connectivity index is 2.40. The van der Waals surface area contributed by atoms with E-state index in [4.69, 9.17) is 14.2 Å². The van der Waals surface area contributed by atoms with Crippen molar-refractivity contribution in [3.8, 4) is 0 Å². The topological polar surface area (TPSA) is 61.8 Å². The quantitative estimate of drug-likeness (QED) is 0.778. The number of benzene rings is 1. The van der Waals surface area contributed by atoms with Gasteiger partial charge in [0.1, 0.15) is 18.3 Å². The fourth-order valence-electron chi connectivity index (χ4n) is 2.19. The zero-order chi connectivity index (χ0) is 15.2. The van der Waals surface area contributed by atoms with E-state index < -0.39 is 17.9 Å². The van der Waals surface area contributed by atoms with Crippen LogP contribution in [0.1, 0.15) is 19.4 Å². The number of rotatable bonds is 5. The molecule has 0 spiro atoms. The second-order valence-electron chi connectivity index (χ2n) is 4.44. The molecular formula is C16H18O5. The van der Waals surface area contributed by atoms with Crippen LogP contribution in [-0.2, 0) is 23.8 Å². The van der Waals surface area contributed by atoms with Gasteiger partial charge in [-0.25, -0.2) is 4.79 Å². The molecule has 0 saturated heterocycles. The molecule has 1 unspecified atom stereocenters. The number of hydrogen-bond donors (Lipinski definition) is 0. The SMILES string of the molecule is CCOC(=O)C1=C(c2ccccc2)OCC1C(=O)OCC. The summed E-state index contributed by atoms with van der Waals surface area (Å²) < 4.78 is 15.6. The molecule has 0 aliphatic carbocycles. The summed E-state index contributed by atoms with van der Waals surface area (Å²) in [7, 11) is 0. The van der Waals surface area contributed by atoms with Crippen LogP contribution < -0.4 is 0 Å². The smallest absolute Gasteiger partial charge is 0.338 e. The number of carbonyl (C=O) groups is 2. The maximum atomic E-state index is 12.2. The van der Waals surface area contributed by atoms with Crippen LogP contribution in [0.2, 0.25) is 0 Å². The molecule has 1 heterocycles. The van der Waals surface area contributed by atoms with Crippen LogP contribution in [0.15, 0.2) is 35.9 Å². The fourth-order valence-corrected chi connectivity index (χ4v) is 2.19. The molecule has 1 aromatic carbocycles. The van der Waals surface area contributed by atoms with Gasteiger partial charge in [0.25, 0.3) is 0 Å². The lowest BCUT2D eigenvalue weighted by Gasteiger charge is -2.11. The van der Waals surface area contributed by atoms with E-state index in [1.54, 1.807) is 13.8 Å². The van der Waals surface area contributed by atoms with Gasteiger partial charge in [-0.1, -0.05) is 30.3 Å². The van der Waals surface area contributed by atoms with Crippen molar-refractivity contribution in [2.75, 3.05) is 19.8 Å². The Kier molecular flexibility index (Phi) is 4.98. The first kappa shape index (κ1) is 15.1. The third-order valence-corrected chi connectivity index (χ3v) is 3.09. The Hall–Kier alpha value is -2.30. The molecule has 1 aliphatic rings. The second-order valence-corrected chi connectivity index (χ2v) is 4.44. The van der Waals surface area contributed by atoms with Gasteiger partial charge in [-0.3, -0.25) is 4.79 Å². The summed E-state index contributed by atoms with van der Waals surface area (Å²) in [5.74, 6) is -1.34. The number of carbonyl (C=O) groups excluding carboxylic acids is 2. The molecule has 0 N–H and O–H groups in total. The monoisotopic (exact) mass is 290 g/mol. The molecule has 112 valence electrons. The highest BCUT2D eigenvalue weighted by atomic mass is 16.5. The van der Waals surface area contributed by atoms with Crippen molar-refractivity contribution in [1.29, 1.82) is 0 Å². The lowest BCUT2D eigenvalue weighted by molar-refractivity contribution is -0.150. The molecule has 0 radical (unpaired) electrons.